The molecule has 3 aliphatic rings. The Morgan fingerprint density at radius 2 is 1.83 bits per heavy atom. The van der Waals surface area contributed by atoms with Crippen molar-refractivity contribution in [3.8, 4) is 11.5 Å². The van der Waals surface area contributed by atoms with Crippen LogP contribution in [0.5, 0.6) is 11.5 Å². The molecule has 29 heavy (non-hydrogen) atoms. The van der Waals surface area contributed by atoms with Crippen LogP contribution in [-0.2, 0) is 9.53 Å². The fourth-order valence-electron chi connectivity index (χ4n) is 5.10. The number of carbonyl (C=O) groups excluding carboxylic acids is 1. The molecule has 0 spiro atoms. The third-order valence-electron chi connectivity index (χ3n) is 6.93. The van der Waals surface area contributed by atoms with E-state index in [0.717, 1.165) is 0 Å². The SMILES string of the molecule is COc1ccccc1O[C@@H]1C[C@@H]2CN(C(=O)C3(CO)CCOCC3)C[C@@H]2C[C@H]1O. The number of hydrogen-bond donors (Lipinski definition) is 2. The Labute approximate surface area is 171 Å². The lowest BCUT2D eigenvalue weighted by atomic mass is 9.78. The van der Waals surface area contributed by atoms with E-state index in [1.54, 1.807) is 7.11 Å². The highest BCUT2D eigenvalue weighted by Crippen LogP contribution is 2.41. The van der Waals surface area contributed by atoms with Gasteiger partial charge in [-0.05, 0) is 49.7 Å². The molecule has 2 heterocycles. The minimum atomic E-state index is -0.711. The van der Waals surface area contributed by atoms with Crippen molar-refractivity contribution < 1.29 is 29.2 Å². The van der Waals surface area contributed by atoms with Crippen LogP contribution >= 0.6 is 0 Å². The highest BCUT2D eigenvalue weighted by atomic mass is 16.5. The molecular weight excluding hydrogens is 374 g/mol. The van der Waals surface area contributed by atoms with Crippen LogP contribution in [0.15, 0.2) is 24.3 Å². The largest absolute Gasteiger partial charge is 0.493 e. The first-order valence-electron chi connectivity index (χ1n) is 10.5. The second kappa shape index (κ2) is 8.50. The van der Waals surface area contributed by atoms with E-state index in [1.807, 2.05) is 29.2 Å². The Morgan fingerprint density at radius 1 is 1.17 bits per heavy atom. The zero-order valence-electron chi connectivity index (χ0n) is 17.0. The molecule has 0 aromatic heterocycles. The van der Waals surface area contributed by atoms with E-state index < -0.39 is 11.5 Å². The molecule has 7 heteroatoms. The van der Waals surface area contributed by atoms with Crippen molar-refractivity contribution in [1.29, 1.82) is 0 Å². The first kappa shape index (κ1) is 20.4. The molecule has 1 saturated carbocycles. The van der Waals surface area contributed by atoms with E-state index in [4.69, 9.17) is 14.2 Å². The smallest absolute Gasteiger partial charge is 0.231 e. The average Bonchev–Trinajstić information content (AvgIpc) is 3.16. The van der Waals surface area contributed by atoms with E-state index >= 15 is 0 Å². The van der Waals surface area contributed by atoms with E-state index in [1.165, 1.54) is 0 Å². The Balaban J connectivity index is 1.43. The van der Waals surface area contributed by atoms with Gasteiger partial charge in [-0.2, -0.15) is 0 Å². The molecule has 4 atom stereocenters. The number of carbonyl (C=O) groups is 1. The van der Waals surface area contributed by atoms with Gasteiger partial charge >= 0.3 is 0 Å². The van der Waals surface area contributed by atoms with Crippen LogP contribution in [0.3, 0.4) is 0 Å². The van der Waals surface area contributed by atoms with Crippen molar-refractivity contribution in [1.82, 2.24) is 4.90 Å². The third-order valence-corrected chi connectivity index (χ3v) is 6.93. The van der Waals surface area contributed by atoms with Gasteiger partial charge < -0.3 is 29.3 Å². The lowest BCUT2D eigenvalue weighted by Crippen LogP contribution is -2.48. The number of nitrogens with zero attached hydrogens (tertiary/aromatic N) is 1. The molecule has 2 aliphatic heterocycles. The second-order valence-electron chi connectivity index (χ2n) is 8.63. The van der Waals surface area contributed by atoms with Crippen LogP contribution in [0.1, 0.15) is 25.7 Å². The summed E-state index contributed by atoms with van der Waals surface area (Å²) in [5, 5.41) is 20.6. The highest BCUT2D eigenvalue weighted by Gasteiger charge is 2.48. The van der Waals surface area contributed by atoms with E-state index in [9.17, 15) is 15.0 Å². The van der Waals surface area contributed by atoms with Crippen LogP contribution in [0, 0.1) is 17.3 Å². The van der Waals surface area contributed by atoms with E-state index in [2.05, 4.69) is 0 Å². The van der Waals surface area contributed by atoms with E-state index in [-0.39, 0.29) is 30.5 Å². The van der Waals surface area contributed by atoms with Gasteiger partial charge in [-0.15, -0.1) is 0 Å². The molecule has 160 valence electrons. The number of aliphatic hydroxyl groups is 2. The van der Waals surface area contributed by atoms with Crippen molar-refractivity contribution in [2.45, 2.75) is 37.9 Å². The standard InChI is InChI=1S/C22H31NO6/c1-27-18-4-2-3-5-19(18)29-20-11-16-13-23(12-15(16)10-17(20)25)21(26)22(14-24)6-8-28-9-7-22/h2-5,15-17,20,24-25H,6-14H2,1H3/t15-,16+,17+,20+/m0/s1. The number of methoxy groups -OCH3 is 1. The van der Waals surface area contributed by atoms with Crippen LogP contribution < -0.4 is 9.47 Å². The first-order chi connectivity index (χ1) is 14.1. The zero-order chi connectivity index (χ0) is 20.4. The van der Waals surface area contributed by atoms with Gasteiger partial charge in [0, 0.05) is 26.3 Å². The predicted molar refractivity (Wildman–Crippen MR) is 106 cm³/mol. The number of amides is 1. The summed E-state index contributed by atoms with van der Waals surface area (Å²) >= 11 is 0. The molecule has 3 fully saturated rings. The van der Waals surface area contributed by atoms with Crippen molar-refractivity contribution >= 4 is 5.91 Å². The molecule has 1 aliphatic carbocycles. The van der Waals surface area contributed by atoms with Crippen molar-refractivity contribution in [3.05, 3.63) is 24.3 Å². The fourth-order valence-corrected chi connectivity index (χ4v) is 5.10. The van der Waals surface area contributed by atoms with Gasteiger partial charge in [0.15, 0.2) is 11.5 Å². The summed E-state index contributed by atoms with van der Waals surface area (Å²) < 4.78 is 16.9. The van der Waals surface area contributed by atoms with Crippen molar-refractivity contribution in [3.63, 3.8) is 0 Å². The third kappa shape index (κ3) is 3.96. The Kier molecular flexibility index (Phi) is 5.99. The lowest BCUT2D eigenvalue weighted by molar-refractivity contribution is -0.150. The van der Waals surface area contributed by atoms with Gasteiger partial charge in [-0.3, -0.25) is 4.79 Å². The molecule has 2 N–H and O–H groups in total. The van der Waals surface area contributed by atoms with Gasteiger partial charge in [-0.1, -0.05) is 12.1 Å². The van der Waals surface area contributed by atoms with Gasteiger partial charge in [0.25, 0.3) is 0 Å². The maximum absolute atomic E-state index is 13.2. The predicted octanol–water partition coefficient (Wildman–Crippen LogP) is 1.46. The van der Waals surface area contributed by atoms with Gasteiger partial charge in [0.1, 0.15) is 6.10 Å². The molecule has 1 amide bonds. The molecule has 2 saturated heterocycles. The average molecular weight is 405 g/mol. The van der Waals surface area contributed by atoms with Crippen LogP contribution in [0.4, 0.5) is 0 Å². The summed E-state index contributed by atoms with van der Waals surface area (Å²) in [7, 11) is 1.60. The molecule has 0 radical (unpaired) electrons. The molecule has 4 rings (SSSR count). The number of likely N-dealkylation sites (tertiary alicyclic amines) is 1. The molecular formula is C22H31NO6. The normalized spacial score (nSPS) is 31.2. The number of aliphatic hydroxyl groups excluding tert-OH is 2. The van der Waals surface area contributed by atoms with E-state index in [0.29, 0.717) is 63.5 Å². The Morgan fingerprint density at radius 3 is 2.48 bits per heavy atom. The summed E-state index contributed by atoms with van der Waals surface area (Å²) in [6.45, 7) is 2.19. The number of para-hydroxylation sites is 2. The lowest BCUT2D eigenvalue weighted by Gasteiger charge is -2.37. The second-order valence-corrected chi connectivity index (χ2v) is 8.63. The maximum atomic E-state index is 13.2. The molecule has 0 unspecified atom stereocenters. The summed E-state index contributed by atoms with van der Waals surface area (Å²) in [4.78, 5) is 15.1. The summed E-state index contributed by atoms with van der Waals surface area (Å²) in [6, 6.07) is 7.45. The topological polar surface area (TPSA) is 88.5 Å². The summed E-state index contributed by atoms with van der Waals surface area (Å²) in [6.07, 6.45) is 1.54. The van der Waals surface area contributed by atoms with Crippen molar-refractivity contribution in [2.24, 2.45) is 17.3 Å². The number of ether oxygens (including phenoxy) is 3. The first-order valence-corrected chi connectivity index (χ1v) is 10.5. The monoisotopic (exact) mass is 405 g/mol. The minimum Gasteiger partial charge on any atom is -0.493 e. The zero-order valence-corrected chi connectivity index (χ0v) is 17.0. The van der Waals surface area contributed by atoms with Crippen LogP contribution in [0.25, 0.3) is 0 Å². The van der Waals surface area contributed by atoms with Crippen LogP contribution in [0.2, 0.25) is 0 Å². The molecule has 1 aromatic rings. The van der Waals surface area contributed by atoms with Crippen molar-refractivity contribution in [2.75, 3.05) is 40.0 Å². The Hall–Kier alpha value is -1.83. The summed E-state index contributed by atoms with van der Waals surface area (Å²) in [5.41, 5.74) is -0.711. The van der Waals surface area contributed by atoms with Gasteiger partial charge in [0.05, 0.1) is 25.2 Å². The fraction of sp³-hybridized carbons (Fsp3) is 0.682. The summed E-state index contributed by atoms with van der Waals surface area (Å²) in [5.74, 6) is 1.87. The molecule has 7 nitrogen and oxygen atoms in total. The minimum absolute atomic E-state index is 0.0365. The quantitative estimate of drug-likeness (QED) is 0.771. The maximum Gasteiger partial charge on any atom is 0.231 e. The van der Waals surface area contributed by atoms with Gasteiger partial charge in [0.2, 0.25) is 5.91 Å². The molecule has 1 aromatic carbocycles. The number of benzene rings is 1. The molecule has 0 bridgehead atoms. The van der Waals surface area contributed by atoms with Crippen LogP contribution in [-0.4, -0.2) is 73.2 Å². The number of hydrogen-bond acceptors (Lipinski definition) is 6. The Bertz CT molecular complexity index is 719. The highest BCUT2D eigenvalue weighted by molar-refractivity contribution is 5.83. The number of fused-ring (bicyclic) bond motifs is 1. The number of rotatable bonds is 5. The van der Waals surface area contributed by atoms with Gasteiger partial charge in [-0.25, -0.2) is 0 Å².